The van der Waals surface area contributed by atoms with Gasteiger partial charge in [-0.25, -0.2) is 4.68 Å². The topological polar surface area (TPSA) is 39.9 Å². The summed E-state index contributed by atoms with van der Waals surface area (Å²) in [5.74, 6) is 0.901. The Morgan fingerprint density at radius 3 is 2.88 bits per heavy atom. The number of para-hydroxylation sites is 1. The molecular weight excluding hydrogens is 366 g/mol. The Morgan fingerprint density at radius 2 is 2.00 bits per heavy atom. The van der Waals surface area contributed by atoms with Crippen molar-refractivity contribution in [3.05, 3.63) is 58.2 Å². The zero-order valence-corrected chi connectivity index (χ0v) is 15.1. The quantitative estimate of drug-likeness (QED) is 0.610. The van der Waals surface area contributed by atoms with Crippen LogP contribution in [0, 0.1) is 6.92 Å². The third-order valence-corrected chi connectivity index (χ3v) is 5.22. The van der Waals surface area contributed by atoms with Gasteiger partial charge in [0.05, 0.1) is 18.0 Å². The first kappa shape index (κ1) is 15.4. The lowest BCUT2D eigenvalue weighted by Gasteiger charge is -2.13. The second-order valence-corrected chi connectivity index (χ2v) is 6.89. The lowest BCUT2D eigenvalue weighted by molar-refractivity contribution is 0.309. The molecule has 0 amide bonds. The molecule has 0 fully saturated rings. The number of benzene rings is 2. The fourth-order valence-corrected chi connectivity index (χ4v) is 3.30. The maximum atomic E-state index is 5.99. The molecule has 2 heterocycles. The summed E-state index contributed by atoms with van der Waals surface area (Å²) in [7, 11) is 0. The molecule has 0 unspecified atom stereocenters. The zero-order chi connectivity index (χ0) is 16.5. The summed E-state index contributed by atoms with van der Waals surface area (Å²) >= 11 is 3.56. The van der Waals surface area contributed by atoms with Crippen molar-refractivity contribution in [3.8, 4) is 22.7 Å². The molecule has 0 saturated carbocycles. The number of fused-ring (bicyclic) bond motifs is 3. The minimum Gasteiger partial charge on any atom is -0.493 e. The highest BCUT2D eigenvalue weighted by Gasteiger charge is 2.20. The maximum absolute atomic E-state index is 5.99. The largest absolute Gasteiger partial charge is 0.493 e. The first-order valence-corrected chi connectivity index (χ1v) is 8.96. The second kappa shape index (κ2) is 6.40. The van der Waals surface area contributed by atoms with Crippen molar-refractivity contribution in [3.63, 3.8) is 0 Å². The molecule has 4 nitrogen and oxygen atoms in total. The van der Waals surface area contributed by atoms with Gasteiger partial charge in [-0.1, -0.05) is 33.3 Å². The van der Waals surface area contributed by atoms with Gasteiger partial charge in [-0.15, -0.1) is 5.10 Å². The molecule has 1 aliphatic rings. The Hall–Kier alpha value is -2.14. The fourth-order valence-electron chi connectivity index (χ4n) is 3.06. The molecule has 1 aromatic heterocycles. The first-order valence-electron chi connectivity index (χ1n) is 8.17. The van der Waals surface area contributed by atoms with Gasteiger partial charge in [-0.05, 0) is 62.1 Å². The molecule has 1 aliphatic heterocycles. The summed E-state index contributed by atoms with van der Waals surface area (Å²) < 4.78 is 9.02. The lowest BCUT2D eigenvalue weighted by atomic mass is 10.1. The molecular formula is C19H18BrN3O. The van der Waals surface area contributed by atoms with Gasteiger partial charge in [0, 0.05) is 10.0 Å². The van der Waals surface area contributed by atoms with Crippen molar-refractivity contribution in [2.24, 2.45) is 0 Å². The number of hydrogen-bond acceptors (Lipinski definition) is 3. The van der Waals surface area contributed by atoms with Crippen molar-refractivity contribution < 1.29 is 4.74 Å². The molecule has 122 valence electrons. The minimum atomic E-state index is 0.742. The highest BCUT2D eigenvalue weighted by Crippen LogP contribution is 2.35. The average Bonchev–Trinajstić information content (AvgIpc) is 3.03. The van der Waals surface area contributed by atoms with Crippen molar-refractivity contribution in [1.82, 2.24) is 15.0 Å². The van der Waals surface area contributed by atoms with Crippen LogP contribution in [0.4, 0.5) is 0 Å². The Kier molecular flexibility index (Phi) is 4.10. The van der Waals surface area contributed by atoms with Gasteiger partial charge >= 0.3 is 0 Å². The smallest absolute Gasteiger partial charge is 0.128 e. The average molecular weight is 384 g/mol. The number of aryl methyl sites for hydroxylation is 2. The Bertz CT molecular complexity index is 888. The zero-order valence-electron chi connectivity index (χ0n) is 13.5. The molecule has 5 heteroatoms. The standard InChI is InChI=1S/C19H18BrN3O/c1-13-12-14(9-10-16(13)20)23-19-15-6-2-3-8-18(15)24-11-5-4-7-17(19)21-22-23/h2-3,6,8-10,12H,4-5,7,11H2,1H3. The summed E-state index contributed by atoms with van der Waals surface area (Å²) in [5.41, 5.74) is 5.31. The fraction of sp³-hybridized carbons (Fsp3) is 0.263. The van der Waals surface area contributed by atoms with Crippen molar-refractivity contribution in [2.45, 2.75) is 26.2 Å². The number of ether oxygens (including phenoxy) is 1. The van der Waals surface area contributed by atoms with Gasteiger partial charge in [0.25, 0.3) is 0 Å². The van der Waals surface area contributed by atoms with Gasteiger partial charge in [0.1, 0.15) is 11.4 Å². The third kappa shape index (κ3) is 2.73. The van der Waals surface area contributed by atoms with Gasteiger partial charge in [-0.3, -0.25) is 0 Å². The van der Waals surface area contributed by atoms with E-state index in [0.717, 1.165) is 58.7 Å². The van der Waals surface area contributed by atoms with Crippen molar-refractivity contribution >= 4 is 15.9 Å². The van der Waals surface area contributed by atoms with E-state index in [0.29, 0.717) is 0 Å². The Labute approximate surface area is 149 Å². The van der Waals surface area contributed by atoms with Crippen LogP contribution in [0.3, 0.4) is 0 Å². The van der Waals surface area contributed by atoms with Crippen LogP contribution in [-0.4, -0.2) is 21.6 Å². The molecule has 3 aromatic rings. The van der Waals surface area contributed by atoms with Crippen LogP contribution in [0.1, 0.15) is 24.1 Å². The number of hydrogen-bond donors (Lipinski definition) is 0. The highest BCUT2D eigenvalue weighted by molar-refractivity contribution is 9.10. The van der Waals surface area contributed by atoms with E-state index in [1.165, 1.54) is 5.56 Å². The highest BCUT2D eigenvalue weighted by atomic mass is 79.9. The van der Waals surface area contributed by atoms with Gasteiger partial charge in [-0.2, -0.15) is 0 Å². The normalized spacial score (nSPS) is 13.9. The summed E-state index contributed by atoms with van der Waals surface area (Å²) in [6.45, 7) is 2.82. The van der Waals surface area contributed by atoms with E-state index in [4.69, 9.17) is 4.74 Å². The summed E-state index contributed by atoms with van der Waals surface area (Å²) in [6, 6.07) is 14.4. The third-order valence-electron chi connectivity index (χ3n) is 4.33. The summed E-state index contributed by atoms with van der Waals surface area (Å²) in [6.07, 6.45) is 3.00. The monoisotopic (exact) mass is 383 g/mol. The van der Waals surface area contributed by atoms with Crippen LogP contribution in [-0.2, 0) is 6.42 Å². The van der Waals surface area contributed by atoms with Gasteiger partial charge in [0.2, 0.25) is 0 Å². The molecule has 0 atom stereocenters. The SMILES string of the molecule is Cc1cc(-n2nnc3c2-c2ccccc2OCCCC3)ccc1Br. The summed E-state index contributed by atoms with van der Waals surface area (Å²) in [4.78, 5) is 0. The van der Waals surface area contributed by atoms with Crippen molar-refractivity contribution in [1.29, 1.82) is 0 Å². The Morgan fingerprint density at radius 1 is 1.12 bits per heavy atom. The van der Waals surface area contributed by atoms with Crippen LogP contribution >= 0.6 is 15.9 Å². The molecule has 2 aromatic carbocycles. The molecule has 0 bridgehead atoms. The minimum absolute atomic E-state index is 0.742. The Balaban J connectivity index is 1.93. The van der Waals surface area contributed by atoms with Crippen LogP contribution in [0.15, 0.2) is 46.9 Å². The second-order valence-electron chi connectivity index (χ2n) is 6.03. The number of halogens is 1. The van der Waals surface area contributed by atoms with Crippen LogP contribution in [0.2, 0.25) is 0 Å². The molecule has 4 rings (SSSR count). The lowest BCUT2D eigenvalue weighted by Crippen LogP contribution is -2.02. The molecule has 0 saturated heterocycles. The van der Waals surface area contributed by atoms with Gasteiger partial charge in [0.15, 0.2) is 0 Å². The van der Waals surface area contributed by atoms with E-state index in [-0.39, 0.29) is 0 Å². The van der Waals surface area contributed by atoms with Crippen LogP contribution in [0.5, 0.6) is 5.75 Å². The summed E-state index contributed by atoms with van der Waals surface area (Å²) in [5, 5.41) is 8.92. The van der Waals surface area contributed by atoms with E-state index in [2.05, 4.69) is 57.4 Å². The van der Waals surface area contributed by atoms with Gasteiger partial charge < -0.3 is 4.74 Å². The molecule has 0 N–H and O–H groups in total. The van der Waals surface area contributed by atoms with E-state index in [1.54, 1.807) is 0 Å². The maximum Gasteiger partial charge on any atom is 0.128 e. The van der Waals surface area contributed by atoms with Crippen molar-refractivity contribution in [2.75, 3.05) is 6.61 Å². The van der Waals surface area contributed by atoms with E-state index < -0.39 is 0 Å². The van der Waals surface area contributed by atoms with Crippen LogP contribution < -0.4 is 4.74 Å². The van der Waals surface area contributed by atoms with E-state index >= 15 is 0 Å². The molecule has 0 spiro atoms. The van der Waals surface area contributed by atoms with Crippen LogP contribution in [0.25, 0.3) is 16.9 Å². The predicted molar refractivity (Wildman–Crippen MR) is 97.7 cm³/mol. The predicted octanol–water partition coefficient (Wildman–Crippen LogP) is 4.72. The van der Waals surface area contributed by atoms with E-state index in [1.807, 2.05) is 22.9 Å². The number of rotatable bonds is 1. The first-order chi connectivity index (χ1) is 11.7. The number of nitrogens with zero attached hydrogens (tertiary/aromatic N) is 3. The molecule has 0 radical (unpaired) electrons. The number of aromatic nitrogens is 3. The molecule has 24 heavy (non-hydrogen) atoms. The molecule has 0 aliphatic carbocycles. The van der Waals surface area contributed by atoms with E-state index in [9.17, 15) is 0 Å².